The van der Waals surface area contributed by atoms with Gasteiger partial charge in [0, 0.05) is 58.1 Å². The quantitative estimate of drug-likeness (QED) is 0.273. The minimum Gasteiger partial charge on any atom is -0.496 e. The van der Waals surface area contributed by atoms with E-state index in [2.05, 4.69) is 5.32 Å². The van der Waals surface area contributed by atoms with Gasteiger partial charge in [-0.05, 0) is 85.5 Å². The van der Waals surface area contributed by atoms with Crippen molar-refractivity contribution in [1.82, 2.24) is 9.29 Å². The van der Waals surface area contributed by atoms with E-state index in [0.717, 1.165) is 48.2 Å². The van der Waals surface area contributed by atoms with Crippen molar-refractivity contribution in [1.29, 1.82) is 0 Å². The summed E-state index contributed by atoms with van der Waals surface area (Å²) in [4.78, 5) is 25.3. The average molecular weight is 589 g/mol. The van der Waals surface area contributed by atoms with Gasteiger partial charge in [0.25, 0.3) is 15.9 Å². The van der Waals surface area contributed by atoms with Crippen LogP contribution in [0.3, 0.4) is 0 Å². The highest BCUT2D eigenvalue weighted by atomic mass is 32.2. The molecule has 0 unspecified atom stereocenters. The fourth-order valence-corrected chi connectivity index (χ4v) is 5.24. The van der Waals surface area contributed by atoms with E-state index in [9.17, 15) is 18.0 Å². The highest BCUT2D eigenvalue weighted by Crippen LogP contribution is 2.30. The molecule has 5 rings (SSSR count). The van der Waals surface area contributed by atoms with E-state index < -0.39 is 84.4 Å². The Bertz CT molecular complexity index is 2240. The van der Waals surface area contributed by atoms with E-state index in [4.69, 9.17) is 27.3 Å². The van der Waals surface area contributed by atoms with Crippen molar-refractivity contribution >= 4 is 38.6 Å². The number of anilines is 1. The van der Waals surface area contributed by atoms with Crippen molar-refractivity contribution in [3.63, 3.8) is 0 Å². The van der Waals surface area contributed by atoms with E-state index in [1.165, 1.54) is 30.3 Å². The second-order valence-electron chi connectivity index (χ2n) is 8.88. The fraction of sp³-hybridized carbons (Fsp3) is 0.290. The molecular weight excluding hydrogens is 542 g/mol. The lowest BCUT2D eigenvalue weighted by Crippen LogP contribution is -2.31. The molecule has 10 heteroatoms. The van der Waals surface area contributed by atoms with Gasteiger partial charge < -0.3 is 14.0 Å². The number of fused-ring (bicyclic) bond motifs is 1. The van der Waals surface area contributed by atoms with E-state index in [1.807, 2.05) is 4.72 Å². The monoisotopic (exact) mass is 588 g/mol. The molecule has 0 saturated heterocycles. The lowest BCUT2D eigenvalue weighted by atomic mass is 10.0. The van der Waals surface area contributed by atoms with Gasteiger partial charge in [0.2, 0.25) is 0 Å². The van der Waals surface area contributed by atoms with Gasteiger partial charge in [0.1, 0.15) is 11.8 Å². The summed E-state index contributed by atoms with van der Waals surface area (Å²) in [6, 6.07) is 11.8. The number of aryl methyl sites for hydroxylation is 2. The van der Waals surface area contributed by atoms with Gasteiger partial charge in [-0.3, -0.25) is 10.1 Å². The highest BCUT2D eigenvalue weighted by Gasteiger charge is 2.22. The number of hydrogen-bond donors (Lipinski definition) is 2. The molecule has 0 radical (unpaired) electrons. The minimum atomic E-state index is -4.70. The molecule has 1 aromatic heterocycles. The van der Waals surface area contributed by atoms with Crippen LogP contribution in [0.1, 0.15) is 70.5 Å². The van der Waals surface area contributed by atoms with Crippen LogP contribution in [0.4, 0.5) is 10.5 Å². The summed E-state index contributed by atoms with van der Waals surface area (Å²) in [6.45, 7) is -5.62. The standard InChI is InChI=1S/C31H33N3O6S/c1-20-8-4-7-11-29(20)41(37,38)33-30(35)22-13-12-21(28(17-22)39-3)16-23-19-34(2)27-15-14-24(18-26(23)27)32-31(36)40-25-9-5-6-10-25/h4,7-8,11-15,17-19,25H,5-6,9-10,16H2,1-3H3,(H,32,36)(H,33,35)/i1D3,2D3,5D2,6D2,16D2,25D. The van der Waals surface area contributed by atoms with E-state index in [1.54, 1.807) is 0 Å². The summed E-state index contributed by atoms with van der Waals surface area (Å²) in [7, 11) is -3.55. The molecule has 1 saturated carbocycles. The van der Waals surface area contributed by atoms with Crippen LogP contribution in [-0.4, -0.2) is 38.2 Å². The summed E-state index contributed by atoms with van der Waals surface area (Å²) in [6.07, 6.45) is -11.4. The van der Waals surface area contributed by atoms with Gasteiger partial charge in [0.15, 0.2) is 0 Å². The third-order valence-corrected chi connectivity index (χ3v) is 7.51. The molecule has 2 amide bonds. The number of amides is 2. The predicted octanol–water partition coefficient (Wildman–Crippen LogP) is 5.70. The van der Waals surface area contributed by atoms with Gasteiger partial charge in [-0.15, -0.1) is 0 Å². The molecule has 0 spiro atoms. The van der Waals surface area contributed by atoms with Crippen molar-refractivity contribution in [3.05, 3.63) is 89.1 Å². The lowest BCUT2D eigenvalue weighted by molar-refractivity contribution is 0.0980. The number of hydrogen-bond acceptors (Lipinski definition) is 6. The number of rotatable bonds is 8. The Hall–Kier alpha value is -4.31. The maximum absolute atomic E-state index is 13.2. The van der Waals surface area contributed by atoms with Crippen LogP contribution in [0.15, 0.2) is 71.8 Å². The van der Waals surface area contributed by atoms with Crippen LogP contribution in [-0.2, 0) is 28.1 Å². The Morgan fingerprint density at radius 1 is 1.12 bits per heavy atom. The van der Waals surface area contributed by atoms with Gasteiger partial charge in [0.05, 0.1) is 13.4 Å². The molecule has 1 aliphatic carbocycles. The highest BCUT2D eigenvalue weighted by molar-refractivity contribution is 7.90. The van der Waals surface area contributed by atoms with Crippen molar-refractivity contribution in [2.45, 2.75) is 49.8 Å². The number of carbonyl (C=O) groups excluding carboxylic acids is 2. The fourth-order valence-electron chi connectivity index (χ4n) is 4.16. The van der Waals surface area contributed by atoms with Gasteiger partial charge >= 0.3 is 6.09 Å². The van der Waals surface area contributed by atoms with Gasteiger partial charge in [-0.25, -0.2) is 17.9 Å². The largest absolute Gasteiger partial charge is 0.496 e. The Kier molecular flexibility index (Phi) is 4.61. The Balaban J connectivity index is 1.48. The maximum atomic E-state index is 13.2. The molecule has 1 fully saturated rings. The molecule has 3 aromatic carbocycles. The first-order chi connectivity index (χ1) is 24.6. The van der Waals surface area contributed by atoms with Crippen LogP contribution in [0.5, 0.6) is 5.75 Å². The molecule has 9 nitrogen and oxygen atoms in total. The number of methoxy groups -OCH3 is 1. The first kappa shape index (κ1) is 16.2. The molecule has 1 heterocycles. The number of nitrogens with one attached hydrogen (secondary N) is 2. The second kappa shape index (κ2) is 11.7. The van der Waals surface area contributed by atoms with Crippen LogP contribution in [0.25, 0.3) is 10.9 Å². The van der Waals surface area contributed by atoms with Crippen molar-refractivity contribution < 1.29 is 45.3 Å². The molecule has 1 aliphatic rings. The van der Waals surface area contributed by atoms with Gasteiger partial charge in [-0.2, -0.15) is 0 Å². The van der Waals surface area contributed by atoms with Crippen LogP contribution >= 0.6 is 0 Å². The molecule has 0 atom stereocenters. The van der Waals surface area contributed by atoms with E-state index >= 15 is 0 Å². The van der Waals surface area contributed by atoms with Crippen LogP contribution in [0, 0.1) is 6.85 Å². The SMILES string of the molecule is [2H]C1(OC(=O)Nc2ccc3c(c2)c(C([2H])([2H])c2ccc(C(=O)NS(=O)(=O)c4ccccc4C([2H])([2H])[2H])cc2OC)cn3C([2H])([2H])[2H])CC([2H])([2H])C([2H])([2H])C1. The first-order valence-corrected chi connectivity index (χ1v) is 13.6. The zero-order valence-corrected chi connectivity index (χ0v) is 22.4. The van der Waals surface area contributed by atoms with Gasteiger partial charge in [-0.1, -0.05) is 24.3 Å². The summed E-state index contributed by atoms with van der Waals surface area (Å²) >= 11 is 0. The summed E-state index contributed by atoms with van der Waals surface area (Å²) in [5, 5.41) is 2.34. The summed E-state index contributed by atoms with van der Waals surface area (Å²) < 4.78 is 145. The number of benzene rings is 3. The molecule has 2 N–H and O–H groups in total. The molecule has 0 bridgehead atoms. The van der Waals surface area contributed by atoms with Crippen LogP contribution in [0.2, 0.25) is 0 Å². The Labute approximate surface area is 257 Å². The molecule has 41 heavy (non-hydrogen) atoms. The molecular formula is C31H33N3O6S. The predicted molar refractivity (Wildman–Crippen MR) is 157 cm³/mol. The Morgan fingerprint density at radius 2 is 1.93 bits per heavy atom. The second-order valence-corrected chi connectivity index (χ2v) is 10.5. The normalized spacial score (nSPS) is 22.6. The first-order valence-electron chi connectivity index (χ1n) is 18.6. The summed E-state index contributed by atoms with van der Waals surface area (Å²) in [5.74, 6) is -1.45. The maximum Gasteiger partial charge on any atom is 0.411 e. The average Bonchev–Trinajstić information content (AvgIpc) is 3.50. The summed E-state index contributed by atoms with van der Waals surface area (Å²) in [5.41, 5.74) is -1.31. The van der Waals surface area contributed by atoms with Crippen molar-refractivity contribution in [3.8, 4) is 5.75 Å². The van der Waals surface area contributed by atoms with E-state index in [-0.39, 0.29) is 39.0 Å². The minimum absolute atomic E-state index is 0.00840. The van der Waals surface area contributed by atoms with E-state index in [0.29, 0.717) is 0 Å². The number of nitrogens with zero attached hydrogens (tertiary/aromatic N) is 1. The topological polar surface area (TPSA) is 116 Å². The lowest BCUT2D eigenvalue weighted by Gasteiger charge is -2.13. The third-order valence-electron chi connectivity index (χ3n) is 6.12. The Morgan fingerprint density at radius 3 is 2.68 bits per heavy atom. The molecule has 0 aliphatic heterocycles. The number of aromatic nitrogens is 1. The zero-order valence-electron chi connectivity index (χ0n) is 34.6. The van der Waals surface area contributed by atoms with Crippen molar-refractivity contribution in [2.75, 3.05) is 12.4 Å². The van der Waals surface area contributed by atoms with Crippen molar-refractivity contribution in [2.24, 2.45) is 6.98 Å². The smallest absolute Gasteiger partial charge is 0.411 e. The zero-order chi connectivity index (χ0) is 40.4. The molecule has 214 valence electrons. The number of carbonyl (C=O) groups is 2. The number of ether oxygens (including phenoxy) is 2. The van der Waals surface area contributed by atoms with Crippen LogP contribution < -0.4 is 14.8 Å². The molecule has 4 aromatic rings. The third kappa shape index (κ3) is 6.22. The number of sulfonamides is 1.